The van der Waals surface area contributed by atoms with E-state index in [1.807, 2.05) is 0 Å². The van der Waals surface area contributed by atoms with Crippen molar-refractivity contribution in [3.05, 3.63) is 27.7 Å². The highest BCUT2D eigenvalue weighted by Crippen LogP contribution is 2.35. The molecule has 0 fully saturated rings. The Hall–Kier alpha value is -0.840. The van der Waals surface area contributed by atoms with Crippen LogP contribution in [0.25, 0.3) is 10.6 Å². The number of hydrogen-bond donors (Lipinski definition) is 0. The topological polar surface area (TPSA) is 35.0 Å². The predicted octanol–water partition coefficient (Wildman–Crippen LogP) is 3.52. The Morgan fingerprint density at radius 1 is 1.27 bits per heavy atom. The van der Waals surface area contributed by atoms with E-state index in [1.54, 1.807) is 25.3 Å². The number of benzene rings is 1. The normalized spacial score (nSPS) is 10.3. The predicted molar refractivity (Wildman–Crippen MR) is 61.9 cm³/mol. The summed E-state index contributed by atoms with van der Waals surface area (Å²) in [6.07, 6.45) is 0. The first-order valence-electron chi connectivity index (χ1n) is 4.03. The summed E-state index contributed by atoms with van der Waals surface area (Å²) in [5.74, 6) is 0.701. The molecule has 0 N–H and O–H groups in total. The molecule has 0 aliphatic heterocycles. The molecule has 1 aromatic heterocycles. The molecule has 78 valence electrons. The summed E-state index contributed by atoms with van der Waals surface area (Å²) in [5.41, 5.74) is 0.800. The highest BCUT2D eigenvalue weighted by Gasteiger charge is 2.11. The van der Waals surface area contributed by atoms with Gasteiger partial charge in [0, 0.05) is 5.02 Å². The van der Waals surface area contributed by atoms with Crippen molar-refractivity contribution in [1.82, 2.24) is 10.2 Å². The van der Waals surface area contributed by atoms with Crippen LogP contribution in [0.5, 0.6) is 5.75 Å². The van der Waals surface area contributed by atoms with E-state index in [-0.39, 0.29) is 0 Å². The van der Waals surface area contributed by atoms with Gasteiger partial charge in [-0.05, 0) is 29.8 Å². The van der Waals surface area contributed by atoms with E-state index in [2.05, 4.69) is 10.2 Å². The zero-order valence-electron chi connectivity index (χ0n) is 7.70. The number of methoxy groups -OCH3 is 1. The van der Waals surface area contributed by atoms with Crippen LogP contribution in [0.2, 0.25) is 9.49 Å². The first-order chi connectivity index (χ1) is 7.20. The molecule has 2 rings (SSSR count). The van der Waals surface area contributed by atoms with Gasteiger partial charge in [-0.2, -0.15) is 0 Å². The highest BCUT2D eigenvalue weighted by molar-refractivity contribution is 7.18. The van der Waals surface area contributed by atoms with Gasteiger partial charge < -0.3 is 4.74 Å². The van der Waals surface area contributed by atoms with E-state index >= 15 is 0 Å². The van der Waals surface area contributed by atoms with Crippen molar-refractivity contribution in [1.29, 1.82) is 0 Å². The molecule has 0 aliphatic rings. The summed E-state index contributed by atoms with van der Waals surface area (Å²) < 4.78 is 5.60. The van der Waals surface area contributed by atoms with Gasteiger partial charge in [-0.15, -0.1) is 10.2 Å². The highest BCUT2D eigenvalue weighted by atomic mass is 35.5. The van der Waals surface area contributed by atoms with Crippen molar-refractivity contribution in [3.8, 4) is 16.3 Å². The van der Waals surface area contributed by atoms with Crippen LogP contribution in [0.3, 0.4) is 0 Å². The standard InChI is InChI=1S/C9H6Cl2N2OS/c1-14-7-3-2-5(10)4-6(7)8-12-13-9(11)15-8/h2-4H,1H3. The maximum Gasteiger partial charge on any atom is 0.207 e. The monoisotopic (exact) mass is 260 g/mol. The van der Waals surface area contributed by atoms with Gasteiger partial charge in [0.1, 0.15) is 5.75 Å². The summed E-state index contributed by atoms with van der Waals surface area (Å²) in [6.45, 7) is 0. The van der Waals surface area contributed by atoms with Crippen LogP contribution in [0.1, 0.15) is 0 Å². The lowest BCUT2D eigenvalue weighted by atomic mass is 10.2. The lowest BCUT2D eigenvalue weighted by Crippen LogP contribution is -1.87. The molecule has 0 atom stereocenters. The van der Waals surface area contributed by atoms with Gasteiger partial charge in [-0.3, -0.25) is 0 Å². The van der Waals surface area contributed by atoms with Gasteiger partial charge in [0.15, 0.2) is 5.01 Å². The minimum Gasteiger partial charge on any atom is -0.496 e. The number of rotatable bonds is 2. The van der Waals surface area contributed by atoms with E-state index in [4.69, 9.17) is 27.9 Å². The Labute approximate surface area is 101 Å². The van der Waals surface area contributed by atoms with Gasteiger partial charge in [-0.25, -0.2) is 0 Å². The molecule has 0 amide bonds. The molecule has 0 bridgehead atoms. The minimum atomic E-state index is 0.395. The van der Waals surface area contributed by atoms with Crippen LogP contribution in [0.15, 0.2) is 18.2 Å². The van der Waals surface area contributed by atoms with Gasteiger partial charge in [0.25, 0.3) is 0 Å². The molecule has 1 heterocycles. The Kier molecular flexibility index (Phi) is 3.09. The van der Waals surface area contributed by atoms with E-state index in [1.165, 1.54) is 11.3 Å². The van der Waals surface area contributed by atoms with Crippen LogP contribution in [0, 0.1) is 0 Å². The molecule has 0 spiro atoms. The Morgan fingerprint density at radius 3 is 2.67 bits per heavy atom. The molecule has 0 radical (unpaired) electrons. The molecular formula is C9H6Cl2N2OS. The molecule has 6 heteroatoms. The molecule has 0 unspecified atom stereocenters. The fourth-order valence-electron chi connectivity index (χ4n) is 1.16. The molecule has 2 aromatic rings. The zero-order valence-corrected chi connectivity index (χ0v) is 10.0. The second kappa shape index (κ2) is 4.35. The van der Waals surface area contributed by atoms with Gasteiger partial charge in [0.05, 0.1) is 12.7 Å². The van der Waals surface area contributed by atoms with Gasteiger partial charge in [-0.1, -0.05) is 22.9 Å². The molecule has 3 nitrogen and oxygen atoms in total. The lowest BCUT2D eigenvalue weighted by Gasteiger charge is -2.05. The SMILES string of the molecule is COc1ccc(Cl)cc1-c1nnc(Cl)s1. The maximum atomic E-state index is 5.90. The second-order valence-corrected chi connectivity index (χ2v) is 4.70. The number of aromatic nitrogens is 2. The average Bonchev–Trinajstić information content (AvgIpc) is 2.65. The third kappa shape index (κ3) is 2.22. The third-order valence-electron chi connectivity index (χ3n) is 1.79. The first kappa shape index (κ1) is 10.7. The summed E-state index contributed by atoms with van der Waals surface area (Å²) in [6, 6.07) is 5.32. The van der Waals surface area contributed by atoms with Crippen molar-refractivity contribution >= 4 is 34.5 Å². The quantitative estimate of drug-likeness (QED) is 0.829. The third-order valence-corrected chi connectivity index (χ3v) is 3.08. The van der Waals surface area contributed by atoms with Crippen molar-refractivity contribution in [3.63, 3.8) is 0 Å². The van der Waals surface area contributed by atoms with Gasteiger partial charge >= 0.3 is 0 Å². The number of hydrogen-bond acceptors (Lipinski definition) is 4. The first-order valence-corrected chi connectivity index (χ1v) is 5.61. The Morgan fingerprint density at radius 2 is 2.07 bits per heavy atom. The van der Waals surface area contributed by atoms with E-state index in [0.29, 0.717) is 20.2 Å². The average molecular weight is 261 g/mol. The fraction of sp³-hybridized carbons (Fsp3) is 0.111. The number of ether oxygens (including phenoxy) is 1. The van der Waals surface area contributed by atoms with E-state index in [0.717, 1.165) is 5.56 Å². The van der Waals surface area contributed by atoms with E-state index in [9.17, 15) is 0 Å². The van der Waals surface area contributed by atoms with Crippen LogP contribution in [-0.2, 0) is 0 Å². The van der Waals surface area contributed by atoms with E-state index < -0.39 is 0 Å². The Bertz CT molecular complexity index is 487. The molecule has 0 saturated heterocycles. The molecular weight excluding hydrogens is 255 g/mol. The maximum absolute atomic E-state index is 5.90. The Balaban J connectivity index is 2.55. The molecule has 15 heavy (non-hydrogen) atoms. The summed E-state index contributed by atoms with van der Waals surface area (Å²) >= 11 is 12.9. The number of halogens is 2. The van der Waals surface area contributed by atoms with Crippen molar-refractivity contribution in [2.24, 2.45) is 0 Å². The molecule has 0 saturated carbocycles. The van der Waals surface area contributed by atoms with Crippen LogP contribution in [0.4, 0.5) is 0 Å². The summed E-state index contributed by atoms with van der Waals surface area (Å²) in [7, 11) is 1.59. The lowest BCUT2D eigenvalue weighted by molar-refractivity contribution is 0.416. The molecule has 1 aromatic carbocycles. The van der Waals surface area contributed by atoms with Crippen LogP contribution >= 0.6 is 34.5 Å². The van der Waals surface area contributed by atoms with Crippen molar-refractivity contribution in [2.45, 2.75) is 0 Å². The molecule has 0 aliphatic carbocycles. The summed E-state index contributed by atoms with van der Waals surface area (Å²) in [4.78, 5) is 0. The largest absolute Gasteiger partial charge is 0.496 e. The minimum absolute atomic E-state index is 0.395. The number of nitrogens with zero attached hydrogens (tertiary/aromatic N) is 2. The van der Waals surface area contributed by atoms with Crippen molar-refractivity contribution in [2.75, 3.05) is 7.11 Å². The van der Waals surface area contributed by atoms with Crippen molar-refractivity contribution < 1.29 is 4.74 Å². The smallest absolute Gasteiger partial charge is 0.207 e. The summed E-state index contributed by atoms with van der Waals surface area (Å²) in [5, 5.41) is 8.98. The van der Waals surface area contributed by atoms with Crippen LogP contribution < -0.4 is 4.74 Å². The fourth-order valence-corrected chi connectivity index (χ4v) is 2.18. The second-order valence-electron chi connectivity index (χ2n) is 2.70. The van der Waals surface area contributed by atoms with Crippen LogP contribution in [-0.4, -0.2) is 17.3 Å². The zero-order chi connectivity index (χ0) is 10.8. The van der Waals surface area contributed by atoms with Gasteiger partial charge in [0.2, 0.25) is 4.47 Å².